The summed E-state index contributed by atoms with van der Waals surface area (Å²) < 4.78 is 10.9. The molecule has 0 radical (unpaired) electrons. The molecule has 0 saturated heterocycles. The summed E-state index contributed by atoms with van der Waals surface area (Å²) in [6.45, 7) is 1.32. The smallest absolute Gasteiger partial charge is 0.226 e. The van der Waals surface area contributed by atoms with Gasteiger partial charge in [0.2, 0.25) is 17.6 Å². The maximum absolute atomic E-state index is 11.9. The first-order valence-corrected chi connectivity index (χ1v) is 9.64. The molecule has 3 rings (SSSR count). The lowest BCUT2D eigenvalue weighted by molar-refractivity contribution is -0.121. The summed E-state index contributed by atoms with van der Waals surface area (Å²) in [5.41, 5.74) is 0.923. The van der Waals surface area contributed by atoms with Crippen molar-refractivity contribution < 1.29 is 14.1 Å². The minimum absolute atomic E-state index is 0.0479. The van der Waals surface area contributed by atoms with Gasteiger partial charge in [0, 0.05) is 24.9 Å². The van der Waals surface area contributed by atoms with Crippen LogP contribution in [0.1, 0.15) is 31.6 Å². The van der Waals surface area contributed by atoms with Crippen LogP contribution >= 0.6 is 0 Å². The molecule has 3 aromatic rings. The predicted octanol–water partition coefficient (Wildman–Crippen LogP) is 4.03. The maximum atomic E-state index is 11.9. The maximum Gasteiger partial charge on any atom is 0.226 e. The molecule has 6 heteroatoms. The highest BCUT2D eigenvalue weighted by Gasteiger charge is 2.09. The topological polar surface area (TPSA) is 77.2 Å². The lowest BCUT2D eigenvalue weighted by Gasteiger charge is -2.07. The molecule has 6 nitrogen and oxygen atoms in total. The molecule has 0 atom stereocenters. The van der Waals surface area contributed by atoms with Crippen molar-refractivity contribution in [1.82, 2.24) is 15.5 Å². The van der Waals surface area contributed by atoms with Gasteiger partial charge in [-0.1, -0.05) is 53.7 Å². The SMILES string of the molecule is O=C(CCCc1nc(-c2ccccc2)no1)NCCCCOc1ccccc1. The first-order valence-electron chi connectivity index (χ1n) is 9.64. The number of carbonyl (C=O) groups excluding carboxylic acids is 1. The second-order valence-corrected chi connectivity index (χ2v) is 6.45. The molecular weight excluding hydrogens is 354 g/mol. The van der Waals surface area contributed by atoms with Crippen molar-refractivity contribution in [2.45, 2.75) is 32.1 Å². The van der Waals surface area contributed by atoms with Gasteiger partial charge in [0.05, 0.1) is 6.61 Å². The summed E-state index contributed by atoms with van der Waals surface area (Å²) in [4.78, 5) is 16.3. The van der Waals surface area contributed by atoms with Crippen molar-refractivity contribution in [1.29, 1.82) is 0 Å². The van der Waals surface area contributed by atoms with Crippen molar-refractivity contribution in [3.8, 4) is 17.1 Å². The molecule has 0 saturated carbocycles. The van der Waals surface area contributed by atoms with E-state index in [-0.39, 0.29) is 5.91 Å². The van der Waals surface area contributed by atoms with E-state index in [1.807, 2.05) is 60.7 Å². The molecule has 0 aliphatic heterocycles. The lowest BCUT2D eigenvalue weighted by atomic mass is 10.2. The Kier molecular flexibility index (Phi) is 7.61. The number of rotatable bonds is 11. The molecule has 1 amide bonds. The number of para-hydroxylation sites is 1. The van der Waals surface area contributed by atoms with Crippen LogP contribution in [0.3, 0.4) is 0 Å². The number of nitrogens with one attached hydrogen (secondary N) is 1. The Labute approximate surface area is 164 Å². The molecule has 0 unspecified atom stereocenters. The van der Waals surface area contributed by atoms with Crippen molar-refractivity contribution in [3.05, 3.63) is 66.6 Å². The van der Waals surface area contributed by atoms with Gasteiger partial charge in [-0.15, -0.1) is 0 Å². The van der Waals surface area contributed by atoms with Gasteiger partial charge in [-0.3, -0.25) is 4.79 Å². The van der Waals surface area contributed by atoms with Gasteiger partial charge in [0.15, 0.2) is 0 Å². The fourth-order valence-electron chi connectivity index (χ4n) is 2.71. The Morgan fingerprint density at radius 2 is 1.71 bits per heavy atom. The van der Waals surface area contributed by atoms with E-state index in [0.717, 1.165) is 24.2 Å². The highest BCUT2D eigenvalue weighted by molar-refractivity contribution is 5.75. The van der Waals surface area contributed by atoms with Crippen molar-refractivity contribution in [3.63, 3.8) is 0 Å². The van der Waals surface area contributed by atoms with Gasteiger partial charge in [-0.25, -0.2) is 0 Å². The van der Waals surface area contributed by atoms with Gasteiger partial charge in [-0.05, 0) is 31.4 Å². The average Bonchev–Trinajstić information content (AvgIpc) is 3.21. The van der Waals surface area contributed by atoms with Gasteiger partial charge in [0.25, 0.3) is 0 Å². The molecule has 0 bridgehead atoms. The number of amides is 1. The van der Waals surface area contributed by atoms with Crippen LogP contribution in [0.2, 0.25) is 0 Å². The monoisotopic (exact) mass is 379 g/mol. The average molecular weight is 379 g/mol. The molecule has 0 aliphatic carbocycles. The number of ether oxygens (including phenoxy) is 1. The van der Waals surface area contributed by atoms with Crippen LogP contribution < -0.4 is 10.1 Å². The predicted molar refractivity (Wildman–Crippen MR) is 107 cm³/mol. The van der Waals surface area contributed by atoms with Gasteiger partial charge < -0.3 is 14.6 Å². The van der Waals surface area contributed by atoms with E-state index < -0.39 is 0 Å². The van der Waals surface area contributed by atoms with E-state index in [0.29, 0.717) is 44.1 Å². The molecule has 0 aliphatic rings. The Morgan fingerprint density at radius 3 is 2.50 bits per heavy atom. The number of hydrogen-bond acceptors (Lipinski definition) is 5. The van der Waals surface area contributed by atoms with Crippen LogP contribution in [0.25, 0.3) is 11.4 Å². The summed E-state index contributed by atoms with van der Waals surface area (Å²) in [6.07, 6.45) is 3.52. The number of aryl methyl sites for hydroxylation is 1. The molecular formula is C22H25N3O3. The van der Waals surface area contributed by atoms with E-state index in [2.05, 4.69) is 15.5 Å². The van der Waals surface area contributed by atoms with Crippen LogP contribution in [0.5, 0.6) is 5.75 Å². The number of unbranched alkanes of at least 4 members (excludes halogenated alkanes) is 1. The van der Waals surface area contributed by atoms with E-state index in [4.69, 9.17) is 9.26 Å². The number of nitrogens with zero attached hydrogens (tertiary/aromatic N) is 2. The Bertz CT molecular complexity index is 835. The summed E-state index contributed by atoms with van der Waals surface area (Å²) in [6, 6.07) is 19.4. The molecule has 2 aromatic carbocycles. The third-order valence-electron chi connectivity index (χ3n) is 4.20. The highest BCUT2D eigenvalue weighted by Crippen LogP contribution is 2.15. The minimum atomic E-state index is 0.0479. The first kappa shape index (κ1) is 19.6. The summed E-state index contributed by atoms with van der Waals surface area (Å²) in [7, 11) is 0. The number of aromatic nitrogens is 2. The zero-order chi connectivity index (χ0) is 19.4. The fraction of sp³-hybridized carbons (Fsp3) is 0.318. The van der Waals surface area contributed by atoms with E-state index in [1.165, 1.54) is 0 Å². The quantitative estimate of drug-likeness (QED) is 0.509. The highest BCUT2D eigenvalue weighted by atomic mass is 16.5. The lowest BCUT2D eigenvalue weighted by Crippen LogP contribution is -2.24. The second kappa shape index (κ2) is 10.9. The Balaban J connectivity index is 1.24. The third kappa shape index (κ3) is 6.54. The standard InChI is InChI=1S/C22H25N3O3/c26-20(23-16-7-8-17-27-19-12-5-2-6-13-19)14-9-15-21-24-22(25-28-21)18-10-3-1-4-11-18/h1-6,10-13H,7-9,14-17H2,(H,23,26). The normalized spacial score (nSPS) is 10.6. The molecule has 1 aromatic heterocycles. The van der Waals surface area contributed by atoms with Crippen molar-refractivity contribution >= 4 is 5.91 Å². The van der Waals surface area contributed by atoms with E-state index in [9.17, 15) is 4.79 Å². The summed E-state index contributed by atoms with van der Waals surface area (Å²) in [5, 5.41) is 6.92. The molecule has 146 valence electrons. The second-order valence-electron chi connectivity index (χ2n) is 6.45. The zero-order valence-electron chi connectivity index (χ0n) is 15.8. The number of benzene rings is 2. The van der Waals surface area contributed by atoms with Crippen molar-refractivity contribution in [2.24, 2.45) is 0 Å². The van der Waals surface area contributed by atoms with E-state index in [1.54, 1.807) is 0 Å². The molecule has 0 spiro atoms. The molecule has 28 heavy (non-hydrogen) atoms. The number of carbonyl (C=O) groups is 1. The van der Waals surface area contributed by atoms with Crippen LogP contribution in [0, 0.1) is 0 Å². The molecule has 1 N–H and O–H groups in total. The van der Waals surface area contributed by atoms with Crippen LogP contribution in [-0.2, 0) is 11.2 Å². The molecule has 0 fully saturated rings. The van der Waals surface area contributed by atoms with Gasteiger partial charge in [0.1, 0.15) is 5.75 Å². The first-order chi connectivity index (χ1) is 13.8. The Morgan fingerprint density at radius 1 is 0.964 bits per heavy atom. The molecule has 1 heterocycles. The largest absolute Gasteiger partial charge is 0.494 e. The zero-order valence-corrected chi connectivity index (χ0v) is 15.8. The van der Waals surface area contributed by atoms with E-state index >= 15 is 0 Å². The van der Waals surface area contributed by atoms with Crippen molar-refractivity contribution in [2.75, 3.05) is 13.2 Å². The van der Waals surface area contributed by atoms with Crippen LogP contribution in [-0.4, -0.2) is 29.2 Å². The number of hydrogen-bond donors (Lipinski definition) is 1. The summed E-state index contributed by atoms with van der Waals surface area (Å²) in [5.74, 6) is 2.07. The fourth-order valence-corrected chi connectivity index (χ4v) is 2.71. The van der Waals surface area contributed by atoms with Gasteiger partial charge in [-0.2, -0.15) is 4.98 Å². The van der Waals surface area contributed by atoms with Gasteiger partial charge >= 0.3 is 0 Å². The van der Waals surface area contributed by atoms with Crippen LogP contribution in [0.15, 0.2) is 65.2 Å². The third-order valence-corrected chi connectivity index (χ3v) is 4.20. The Hall–Kier alpha value is -3.15. The summed E-state index contributed by atoms with van der Waals surface area (Å²) >= 11 is 0. The minimum Gasteiger partial charge on any atom is -0.494 e. The van der Waals surface area contributed by atoms with Crippen LogP contribution in [0.4, 0.5) is 0 Å².